The molecule has 126 valence electrons. The highest BCUT2D eigenvalue weighted by atomic mass is 16.2. The van der Waals surface area contributed by atoms with Crippen LogP contribution in [0.15, 0.2) is 18.2 Å². The summed E-state index contributed by atoms with van der Waals surface area (Å²) < 4.78 is 0. The summed E-state index contributed by atoms with van der Waals surface area (Å²) >= 11 is 0. The van der Waals surface area contributed by atoms with E-state index >= 15 is 0 Å². The van der Waals surface area contributed by atoms with Crippen LogP contribution in [0.4, 0.5) is 5.69 Å². The number of hydrogen-bond acceptors (Lipinski definition) is 3. The van der Waals surface area contributed by atoms with Crippen molar-refractivity contribution in [3.8, 4) is 0 Å². The van der Waals surface area contributed by atoms with E-state index in [9.17, 15) is 9.59 Å². The van der Waals surface area contributed by atoms with Crippen LogP contribution in [0, 0.1) is 5.92 Å². The van der Waals surface area contributed by atoms with Crippen molar-refractivity contribution in [2.24, 2.45) is 5.92 Å². The van der Waals surface area contributed by atoms with E-state index in [0.717, 1.165) is 24.9 Å². The summed E-state index contributed by atoms with van der Waals surface area (Å²) in [6.07, 6.45) is 3.82. The summed E-state index contributed by atoms with van der Waals surface area (Å²) in [7, 11) is 0. The molecule has 0 radical (unpaired) electrons. The number of carbonyl (C=O) groups is 2. The zero-order valence-electron chi connectivity index (χ0n) is 14.0. The van der Waals surface area contributed by atoms with Crippen molar-refractivity contribution in [2.45, 2.75) is 52.0 Å². The van der Waals surface area contributed by atoms with Gasteiger partial charge < -0.3 is 16.4 Å². The first-order chi connectivity index (χ1) is 11.0. The molecule has 0 saturated carbocycles. The monoisotopic (exact) mass is 317 g/mol. The van der Waals surface area contributed by atoms with Gasteiger partial charge in [-0.3, -0.25) is 9.59 Å². The van der Waals surface area contributed by atoms with Crippen molar-refractivity contribution in [1.82, 2.24) is 10.6 Å². The van der Waals surface area contributed by atoms with E-state index in [4.69, 9.17) is 5.73 Å². The third kappa shape index (κ3) is 5.27. The highest BCUT2D eigenvalue weighted by Crippen LogP contribution is 2.30. The Morgan fingerprint density at radius 3 is 2.83 bits per heavy atom. The molecule has 1 atom stereocenters. The molecule has 1 aromatic rings. The number of benzene rings is 1. The minimum atomic E-state index is -0.0236. The van der Waals surface area contributed by atoms with E-state index in [1.165, 1.54) is 11.1 Å². The van der Waals surface area contributed by atoms with Crippen LogP contribution in [0.25, 0.3) is 0 Å². The first kappa shape index (κ1) is 17.3. The maximum Gasteiger partial charge on any atom is 0.222 e. The Labute approximate surface area is 138 Å². The highest BCUT2D eigenvalue weighted by molar-refractivity contribution is 5.79. The van der Waals surface area contributed by atoms with Crippen LogP contribution < -0.4 is 16.4 Å². The molecule has 0 saturated heterocycles. The average molecular weight is 317 g/mol. The topological polar surface area (TPSA) is 84.2 Å². The number of amides is 2. The Balaban J connectivity index is 1.81. The van der Waals surface area contributed by atoms with Crippen LogP contribution in [0.3, 0.4) is 0 Å². The molecule has 0 bridgehead atoms. The van der Waals surface area contributed by atoms with Crippen molar-refractivity contribution >= 4 is 17.5 Å². The van der Waals surface area contributed by atoms with Crippen molar-refractivity contribution < 1.29 is 9.59 Å². The second-order valence-corrected chi connectivity index (χ2v) is 6.67. The van der Waals surface area contributed by atoms with E-state index in [2.05, 4.69) is 10.6 Å². The fourth-order valence-electron chi connectivity index (χ4n) is 3.01. The SMILES string of the molecule is CC(C)CC(=O)NCCC(=O)NC1CCCc2cc(N)ccc21. The molecule has 5 nitrogen and oxygen atoms in total. The summed E-state index contributed by atoms with van der Waals surface area (Å²) in [5.74, 6) is 0.311. The normalized spacial score (nSPS) is 16.7. The second-order valence-electron chi connectivity index (χ2n) is 6.67. The minimum Gasteiger partial charge on any atom is -0.399 e. The number of nitrogens with one attached hydrogen (secondary N) is 2. The van der Waals surface area contributed by atoms with Gasteiger partial charge in [-0.15, -0.1) is 0 Å². The largest absolute Gasteiger partial charge is 0.399 e. The summed E-state index contributed by atoms with van der Waals surface area (Å²) in [4.78, 5) is 23.7. The van der Waals surface area contributed by atoms with E-state index in [1.807, 2.05) is 32.0 Å². The number of aryl methyl sites for hydroxylation is 1. The number of nitrogen functional groups attached to an aromatic ring is 1. The Kier molecular flexibility index (Phi) is 6.02. The van der Waals surface area contributed by atoms with E-state index < -0.39 is 0 Å². The lowest BCUT2D eigenvalue weighted by atomic mass is 9.87. The highest BCUT2D eigenvalue weighted by Gasteiger charge is 2.21. The van der Waals surface area contributed by atoms with Crippen LogP contribution in [-0.4, -0.2) is 18.4 Å². The Hall–Kier alpha value is -2.04. The molecule has 2 rings (SSSR count). The number of nitrogens with two attached hydrogens (primary N) is 1. The molecule has 0 heterocycles. The van der Waals surface area contributed by atoms with Crippen LogP contribution in [-0.2, 0) is 16.0 Å². The third-order valence-corrected chi connectivity index (χ3v) is 4.08. The van der Waals surface area contributed by atoms with Gasteiger partial charge in [0.1, 0.15) is 0 Å². The predicted octanol–water partition coefficient (Wildman–Crippen LogP) is 2.31. The molecule has 1 aromatic carbocycles. The smallest absolute Gasteiger partial charge is 0.222 e. The predicted molar refractivity (Wildman–Crippen MR) is 91.8 cm³/mol. The molecular weight excluding hydrogens is 290 g/mol. The van der Waals surface area contributed by atoms with Crippen LogP contribution in [0.2, 0.25) is 0 Å². The minimum absolute atomic E-state index is 0.00582. The van der Waals surface area contributed by atoms with Gasteiger partial charge in [-0.05, 0) is 48.4 Å². The van der Waals surface area contributed by atoms with Crippen molar-refractivity contribution in [1.29, 1.82) is 0 Å². The van der Waals surface area contributed by atoms with Crippen LogP contribution in [0.5, 0.6) is 0 Å². The van der Waals surface area contributed by atoms with Gasteiger partial charge in [-0.1, -0.05) is 19.9 Å². The van der Waals surface area contributed by atoms with Gasteiger partial charge in [0.2, 0.25) is 11.8 Å². The van der Waals surface area contributed by atoms with Gasteiger partial charge in [-0.25, -0.2) is 0 Å². The molecule has 1 aliphatic rings. The maximum absolute atomic E-state index is 12.1. The van der Waals surface area contributed by atoms with Gasteiger partial charge in [-0.2, -0.15) is 0 Å². The van der Waals surface area contributed by atoms with Crippen molar-refractivity contribution in [3.63, 3.8) is 0 Å². The van der Waals surface area contributed by atoms with E-state index in [1.54, 1.807) is 0 Å². The van der Waals surface area contributed by atoms with Gasteiger partial charge in [0.05, 0.1) is 6.04 Å². The van der Waals surface area contributed by atoms with Crippen molar-refractivity contribution in [3.05, 3.63) is 29.3 Å². The lowest BCUT2D eigenvalue weighted by Crippen LogP contribution is -2.34. The molecular formula is C18H27N3O2. The molecule has 5 heteroatoms. The zero-order chi connectivity index (χ0) is 16.8. The fraction of sp³-hybridized carbons (Fsp3) is 0.556. The van der Waals surface area contributed by atoms with Gasteiger partial charge in [0, 0.05) is 25.1 Å². The number of carbonyl (C=O) groups excluding carboxylic acids is 2. The summed E-state index contributed by atoms with van der Waals surface area (Å²) in [6.45, 7) is 4.39. The van der Waals surface area contributed by atoms with Gasteiger partial charge >= 0.3 is 0 Å². The second kappa shape index (κ2) is 7.99. The van der Waals surface area contributed by atoms with Crippen molar-refractivity contribution in [2.75, 3.05) is 12.3 Å². The van der Waals surface area contributed by atoms with Gasteiger partial charge in [0.15, 0.2) is 0 Å². The lowest BCUT2D eigenvalue weighted by Gasteiger charge is -2.26. The molecule has 1 aliphatic carbocycles. The molecule has 0 fully saturated rings. The summed E-state index contributed by atoms with van der Waals surface area (Å²) in [6, 6.07) is 5.95. The Morgan fingerprint density at radius 1 is 1.30 bits per heavy atom. The molecule has 0 aromatic heterocycles. The number of fused-ring (bicyclic) bond motifs is 1. The molecule has 4 N–H and O–H groups in total. The molecule has 2 amide bonds. The molecule has 0 aliphatic heterocycles. The number of anilines is 1. The van der Waals surface area contributed by atoms with Crippen LogP contribution >= 0.6 is 0 Å². The Bertz CT molecular complexity index is 569. The standard InChI is InChI=1S/C18H27N3O2/c1-12(2)10-18(23)20-9-8-17(22)21-16-5-3-4-13-11-14(19)6-7-15(13)16/h6-7,11-12,16H,3-5,8-10,19H2,1-2H3,(H,20,23)(H,21,22). The molecule has 1 unspecified atom stereocenters. The lowest BCUT2D eigenvalue weighted by molar-refractivity contribution is -0.123. The molecule has 23 heavy (non-hydrogen) atoms. The zero-order valence-corrected chi connectivity index (χ0v) is 14.0. The first-order valence-electron chi connectivity index (χ1n) is 8.40. The van der Waals surface area contributed by atoms with Gasteiger partial charge in [0.25, 0.3) is 0 Å². The quantitative estimate of drug-likeness (QED) is 0.704. The number of rotatable bonds is 6. The number of hydrogen-bond donors (Lipinski definition) is 3. The van der Waals surface area contributed by atoms with E-state index in [-0.39, 0.29) is 17.9 Å². The maximum atomic E-state index is 12.1. The molecule has 0 spiro atoms. The first-order valence-corrected chi connectivity index (χ1v) is 8.40. The summed E-state index contributed by atoms with van der Waals surface area (Å²) in [5.41, 5.74) is 8.99. The fourth-order valence-corrected chi connectivity index (χ4v) is 3.01. The Morgan fingerprint density at radius 2 is 2.09 bits per heavy atom. The van der Waals surface area contributed by atoms with E-state index in [0.29, 0.717) is 25.3 Å². The summed E-state index contributed by atoms with van der Waals surface area (Å²) in [5, 5.41) is 5.87. The third-order valence-electron chi connectivity index (χ3n) is 4.08. The van der Waals surface area contributed by atoms with Crippen LogP contribution in [0.1, 0.15) is 56.7 Å². The average Bonchev–Trinajstić information content (AvgIpc) is 2.46.